The molecule has 0 aliphatic rings. The molecule has 0 saturated heterocycles. The van der Waals surface area contributed by atoms with Crippen molar-refractivity contribution in [2.45, 2.75) is 64.9 Å². The van der Waals surface area contributed by atoms with E-state index in [9.17, 15) is 4.21 Å². The molecule has 2 unspecified atom stereocenters. The number of unbranched alkanes of at least 4 members (excludes halogenated alkanes) is 5. The van der Waals surface area contributed by atoms with E-state index >= 15 is 0 Å². The highest BCUT2D eigenvalue weighted by molar-refractivity contribution is 7.74. The van der Waals surface area contributed by atoms with E-state index in [1.807, 2.05) is 6.92 Å². The minimum atomic E-state index is -2.11. The van der Waals surface area contributed by atoms with Gasteiger partial charge in [-0.1, -0.05) is 45.4 Å². The van der Waals surface area contributed by atoms with Crippen molar-refractivity contribution in [3.63, 3.8) is 0 Å². The molecule has 0 aliphatic carbocycles. The monoisotopic (exact) mass is 222 g/mol. The van der Waals surface area contributed by atoms with Crippen LogP contribution in [-0.4, -0.2) is 14.9 Å². The Kier molecular flexibility index (Phi) is 9.67. The molecule has 0 saturated carbocycles. The smallest absolute Gasteiger partial charge is 0.284 e. The molecule has 86 valence electrons. The highest BCUT2D eigenvalue weighted by atomic mass is 32.2. The van der Waals surface area contributed by atoms with Gasteiger partial charge in [0.2, 0.25) is 0 Å². The van der Waals surface area contributed by atoms with E-state index in [1.165, 1.54) is 32.1 Å². The van der Waals surface area contributed by atoms with Crippen LogP contribution in [-0.2, 0) is 15.5 Å². The summed E-state index contributed by atoms with van der Waals surface area (Å²) in [7, 11) is 0. The van der Waals surface area contributed by atoms with Crippen LogP contribution >= 0.6 is 0 Å². The molecule has 0 aromatic rings. The van der Waals surface area contributed by atoms with Gasteiger partial charge in [-0.05, 0) is 13.3 Å². The first-order valence-electron chi connectivity index (χ1n) is 5.44. The molecule has 0 fully saturated rings. The summed E-state index contributed by atoms with van der Waals surface area (Å²) in [5.41, 5.74) is 0. The molecule has 2 atom stereocenters. The second-order valence-electron chi connectivity index (χ2n) is 3.68. The van der Waals surface area contributed by atoms with Crippen LogP contribution in [0.15, 0.2) is 0 Å². The van der Waals surface area contributed by atoms with Crippen molar-refractivity contribution in [3.8, 4) is 0 Å². The molecule has 0 spiro atoms. The summed E-state index contributed by atoms with van der Waals surface area (Å²) in [5.74, 6) is 0. The molecule has 0 bridgehead atoms. The van der Waals surface area contributed by atoms with Crippen molar-refractivity contribution in [3.05, 3.63) is 0 Å². The van der Waals surface area contributed by atoms with Crippen molar-refractivity contribution in [2.24, 2.45) is 0 Å². The van der Waals surface area contributed by atoms with Crippen LogP contribution < -0.4 is 0 Å². The van der Waals surface area contributed by atoms with Crippen molar-refractivity contribution < 1.29 is 12.9 Å². The van der Waals surface area contributed by atoms with Gasteiger partial charge in [-0.2, -0.15) is 4.21 Å². The Labute approximate surface area is 89.7 Å². The molecule has 3 nitrogen and oxygen atoms in total. The number of hydrogen-bond acceptors (Lipinski definition) is 2. The van der Waals surface area contributed by atoms with E-state index < -0.39 is 11.4 Å². The SMILES string of the molecule is CCCCCCCCC(C)OS(=O)O. The predicted octanol–water partition coefficient (Wildman–Crippen LogP) is 3.28. The van der Waals surface area contributed by atoms with E-state index in [0.29, 0.717) is 0 Å². The Hall–Kier alpha value is 0.0700. The fraction of sp³-hybridized carbons (Fsp3) is 1.00. The first-order valence-corrected chi connectivity index (χ1v) is 6.48. The van der Waals surface area contributed by atoms with Crippen molar-refractivity contribution in [1.29, 1.82) is 0 Å². The highest BCUT2D eigenvalue weighted by Gasteiger charge is 2.04. The lowest BCUT2D eigenvalue weighted by Gasteiger charge is -2.08. The second-order valence-corrected chi connectivity index (χ2v) is 4.31. The zero-order chi connectivity index (χ0) is 10.8. The van der Waals surface area contributed by atoms with E-state index in [4.69, 9.17) is 8.74 Å². The molecule has 0 aromatic carbocycles. The molecule has 4 heteroatoms. The van der Waals surface area contributed by atoms with Gasteiger partial charge in [0.05, 0.1) is 6.10 Å². The van der Waals surface area contributed by atoms with E-state index in [-0.39, 0.29) is 6.10 Å². The summed E-state index contributed by atoms with van der Waals surface area (Å²) in [5, 5.41) is 0. The first-order chi connectivity index (χ1) is 6.66. The number of hydrogen-bond donors (Lipinski definition) is 1. The lowest BCUT2D eigenvalue weighted by atomic mass is 10.1. The van der Waals surface area contributed by atoms with E-state index in [1.54, 1.807) is 0 Å². The minimum Gasteiger partial charge on any atom is -0.284 e. The summed E-state index contributed by atoms with van der Waals surface area (Å²) < 4.78 is 23.4. The molecule has 0 amide bonds. The van der Waals surface area contributed by atoms with Gasteiger partial charge < -0.3 is 0 Å². The van der Waals surface area contributed by atoms with Gasteiger partial charge in [-0.15, -0.1) is 0 Å². The second kappa shape index (κ2) is 9.62. The fourth-order valence-corrected chi connectivity index (χ4v) is 1.78. The predicted molar refractivity (Wildman–Crippen MR) is 59.3 cm³/mol. The maximum Gasteiger partial charge on any atom is 0.302 e. The third-order valence-corrected chi connectivity index (χ3v) is 2.70. The van der Waals surface area contributed by atoms with Gasteiger partial charge in [0.1, 0.15) is 0 Å². The van der Waals surface area contributed by atoms with Crippen LogP contribution in [0.1, 0.15) is 58.8 Å². The maximum atomic E-state index is 10.3. The van der Waals surface area contributed by atoms with Crippen LogP contribution in [0.2, 0.25) is 0 Å². The van der Waals surface area contributed by atoms with E-state index in [0.717, 1.165) is 12.8 Å². The summed E-state index contributed by atoms with van der Waals surface area (Å²) in [6.45, 7) is 4.03. The Morgan fingerprint density at radius 2 is 1.79 bits per heavy atom. The molecular formula is C10H22O3S. The fourth-order valence-electron chi connectivity index (χ4n) is 1.40. The van der Waals surface area contributed by atoms with Crippen LogP contribution in [0.4, 0.5) is 0 Å². The third kappa shape index (κ3) is 10.2. The molecule has 0 radical (unpaired) electrons. The molecule has 14 heavy (non-hydrogen) atoms. The zero-order valence-electron chi connectivity index (χ0n) is 9.20. The van der Waals surface area contributed by atoms with Gasteiger partial charge >= 0.3 is 11.4 Å². The Bertz CT molecular complexity index is 150. The molecule has 0 aromatic heterocycles. The van der Waals surface area contributed by atoms with Gasteiger partial charge in [0, 0.05) is 0 Å². The molecule has 0 heterocycles. The van der Waals surface area contributed by atoms with Crippen molar-refractivity contribution in [2.75, 3.05) is 0 Å². The lowest BCUT2D eigenvalue weighted by molar-refractivity contribution is 0.208. The minimum absolute atomic E-state index is 0.105. The third-order valence-electron chi connectivity index (χ3n) is 2.21. The van der Waals surface area contributed by atoms with Crippen LogP contribution in [0, 0.1) is 0 Å². The van der Waals surface area contributed by atoms with Crippen molar-refractivity contribution in [1.82, 2.24) is 0 Å². The average Bonchev–Trinajstić information content (AvgIpc) is 2.10. The normalized spacial score (nSPS) is 15.4. The quantitative estimate of drug-likeness (QED) is 0.481. The topological polar surface area (TPSA) is 46.5 Å². The van der Waals surface area contributed by atoms with Gasteiger partial charge in [-0.3, -0.25) is 8.74 Å². The molecular weight excluding hydrogens is 200 g/mol. The van der Waals surface area contributed by atoms with Gasteiger partial charge in [0.25, 0.3) is 0 Å². The first kappa shape index (κ1) is 14.1. The van der Waals surface area contributed by atoms with Crippen LogP contribution in [0.25, 0.3) is 0 Å². The maximum absolute atomic E-state index is 10.3. The largest absolute Gasteiger partial charge is 0.302 e. The summed E-state index contributed by atoms with van der Waals surface area (Å²) in [4.78, 5) is 0. The molecule has 0 aliphatic heterocycles. The summed E-state index contributed by atoms with van der Waals surface area (Å²) in [6.07, 6.45) is 8.20. The standard InChI is InChI=1S/C10H22O3S/c1-3-4-5-6-7-8-9-10(2)13-14(11)12/h10H,3-9H2,1-2H3,(H,11,12). The van der Waals surface area contributed by atoms with Gasteiger partial charge in [-0.25, -0.2) is 0 Å². The van der Waals surface area contributed by atoms with Crippen molar-refractivity contribution >= 4 is 11.4 Å². The Balaban J connectivity index is 3.14. The molecule has 0 rings (SSSR count). The van der Waals surface area contributed by atoms with E-state index in [2.05, 4.69) is 6.92 Å². The van der Waals surface area contributed by atoms with Crippen LogP contribution in [0.3, 0.4) is 0 Å². The Morgan fingerprint density at radius 3 is 2.36 bits per heavy atom. The van der Waals surface area contributed by atoms with Gasteiger partial charge in [0.15, 0.2) is 0 Å². The van der Waals surface area contributed by atoms with Crippen LogP contribution in [0.5, 0.6) is 0 Å². The highest BCUT2D eigenvalue weighted by Crippen LogP contribution is 2.10. The average molecular weight is 222 g/mol. The lowest BCUT2D eigenvalue weighted by Crippen LogP contribution is -2.09. The Morgan fingerprint density at radius 1 is 1.21 bits per heavy atom. The molecule has 1 N–H and O–H groups in total. The number of rotatable bonds is 9. The summed E-state index contributed by atoms with van der Waals surface area (Å²) >= 11 is -2.11. The summed E-state index contributed by atoms with van der Waals surface area (Å²) in [6, 6.07) is 0. The zero-order valence-corrected chi connectivity index (χ0v) is 10.0.